The first-order valence-electron chi connectivity index (χ1n) is 9.06. The maximum absolute atomic E-state index is 12.5. The van der Waals surface area contributed by atoms with Gasteiger partial charge >= 0.3 is 0 Å². The van der Waals surface area contributed by atoms with Crippen LogP contribution in [-0.2, 0) is 14.2 Å². The lowest BCUT2D eigenvalue weighted by atomic mass is 10.0. The fourth-order valence-electron chi connectivity index (χ4n) is 2.99. The Hall–Kier alpha value is -2.87. The molecule has 0 amide bonds. The summed E-state index contributed by atoms with van der Waals surface area (Å²) in [7, 11) is 4.67. The number of ether oxygens (including phenoxy) is 5. The maximum Gasteiger partial charge on any atom is 0.193 e. The van der Waals surface area contributed by atoms with Crippen LogP contribution in [0.25, 0.3) is 22.3 Å². The van der Waals surface area contributed by atoms with E-state index >= 15 is 0 Å². The van der Waals surface area contributed by atoms with Crippen molar-refractivity contribution in [2.75, 3.05) is 34.9 Å². The summed E-state index contributed by atoms with van der Waals surface area (Å²) >= 11 is 0. The van der Waals surface area contributed by atoms with Crippen LogP contribution in [0.5, 0.6) is 11.5 Å². The highest BCUT2D eigenvalue weighted by Crippen LogP contribution is 2.40. The van der Waals surface area contributed by atoms with Gasteiger partial charge in [0.2, 0.25) is 0 Å². The predicted molar refractivity (Wildman–Crippen MR) is 108 cm³/mol. The molecule has 3 rings (SSSR count). The third kappa shape index (κ3) is 4.59. The highest BCUT2D eigenvalue weighted by atomic mass is 16.7. The van der Waals surface area contributed by atoms with Crippen LogP contribution >= 0.6 is 0 Å². The molecular formula is C22H24O7. The van der Waals surface area contributed by atoms with Crippen molar-refractivity contribution in [2.45, 2.75) is 13.0 Å². The van der Waals surface area contributed by atoms with Crippen molar-refractivity contribution < 1.29 is 28.1 Å². The average Bonchev–Trinajstić information content (AvgIpc) is 2.75. The zero-order valence-corrected chi connectivity index (χ0v) is 16.9. The molecular weight excluding hydrogens is 376 g/mol. The second kappa shape index (κ2) is 9.56. The van der Waals surface area contributed by atoms with E-state index in [-0.39, 0.29) is 25.1 Å². The van der Waals surface area contributed by atoms with Crippen LogP contribution in [0.15, 0.2) is 51.7 Å². The van der Waals surface area contributed by atoms with Crippen molar-refractivity contribution in [2.24, 2.45) is 0 Å². The molecule has 29 heavy (non-hydrogen) atoms. The first-order chi connectivity index (χ1) is 14.1. The quantitative estimate of drug-likeness (QED) is 0.500. The van der Waals surface area contributed by atoms with E-state index in [9.17, 15) is 4.79 Å². The van der Waals surface area contributed by atoms with Gasteiger partial charge in [0.05, 0.1) is 17.1 Å². The van der Waals surface area contributed by atoms with Crippen LogP contribution in [0.1, 0.15) is 18.6 Å². The molecule has 0 saturated carbocycles. The van der Waals surface area contributed by atoms with Gasteiger partial charge in [-0.25, -0.2) is 0 Å². The van der Waals surface area contributed by atoms with Gasteiger partial charge in [0.25, 0.3) is 0 Å². The maximum atomic E-state index is 12.5. The molecule has 1 atom stereocenters. The number of para-hydroxylation sites is 1. The molecule has 0 aliphatic carbocycles. The van der Waals surface area contributed by atoms with E-state index in [1.165, 1.54) is 20.3 Å². The molecule has 0 bridgehead atoms. The van der Waals surface area contributed by atoms with E-state index in [0.717, 1.165) is 0 Å². The Morgan fingerprint density at radius 3 is 2.14 bits per heavy atom. The van der Waals surface area contributed by atoms with Crippen molar-refractivity contribution in [3.8, 4) is 22.8 Å². The van der Waals surface area contributed by atoms with E-state index in [4.69, 9.17) is 28.1 Å². The van der Waals surface area contributed by atoms with Crippen LogP contribution < -0.4 is 14.9 Å². The van der Waals surface area contributed by atoms with Gasteiger partial charge in [-0.2, -0.15) is 0 Å². The van der Waals surface area contributed by atoms with Crippen LogP contribution in [0.4, 0.5) is 0 Å². The minimum absolute atomic E-state index is 0.0400. The van der Waals surface area contributed by atoms with Gasteiger partial charge in [-0.15, -0.1) is 0 Å². The molecule has 0 fully saturated rings. The molecule has 0 saturated heterocycles. The normalized spacial score (nSPS) is 12.1. The zero-order chi connectivity index (χ0) is 20.8. The third-order valence-electron chi connectivity index (χ3n) is 4.45. The lowest BCUT2D eigenvalue weighted by molar-refractivity contribution is 0.0377. The minimum Gasteiger partial charge on any atom is -0.467 e. The van der Waals surface area contributed by atoms with E-state index in [0.29, 0.717) is 39.4 Å². The van der Waals surface area contributed by atoms with Crippen LogP contribution in [0.3, 0.4) is 0 Å². The molecule has 0 spiro atoms. The average molecular weight is 400 g/mol. The number of rotatable bonds is 9. The SMILES string of the molecule is COCOc1cc(-c2cc(=O)c3ccccc3o2)cc(OCOC)c1C(C)OC. The van der Waals surface area contributed by atoms with Gasteiger partial charge in [-0.05, 0) is 31.2 Å². The topological polar surface area (TPSA) is 76.4 Å². The number of benzene rings is 2. The summed E-state index contributed by atoms with van der Waals surface area (Å²) in [5, 5.41) is 0.521. The summed E-state index contributed by atoms with van der Waals surface area (Å²) in [6.07, 6.45) is -0.314. The summed E-state index contributed by atoms with van der Waals surface area (Å²) < 4.78 is 33.1. The molecule has 1 unspecified atom stereocenters. The number of fused-ring (bicyclic) bond motifs is 1. The molecule has 1 aromatic heterocycles. The largest absolute Gasteiger partial charge is 0.467 e. The lowest BCUT2D eigenvalue weighted by Gasteiger charge is -2.21. The second-order valence-electron chi connectivity index (χ2n) is 6.34. The van der Waals surface area contributed by atoms with E-state index < -0.39 is 0 Å². The molecule has 0 aliphatic heterocycles. The Balaban J connectivity index is 2.19. The van der Waals surface area contributed by atoms with Crippen molar-refractivity contribution in [3.05, 3.63) is 58.3 Å². The van der Waals surface area contributed by atoms with Crippen LogP contribution in [0, 0.1) is 0 Å². The summed E-state index contributed by atoms with van der Waals surface area (Å²) in [5.41, 5.74) is 1.70. The minimum atomic E-state index is -0.314. The first-order valence-corrected chi connectivity index (χ1v) is 9.06. The number of methoxy groups -OCH3 is 3. The highest BCUT2D eigenvalue weighted by Gasteiger charge is 2.21. The van der Waals surface area contributed by atoms with Gasteiger partial charge in [-0.3, -0.25) is 4.79 Å². The van der Waals surface area contributed by atoms with Gasteiger partial charge in [0.1, 0.15) is 22.8 Å². The summed E-state index contributed by atoms with van der Waals surface area (Å²) in [5.74, 6) is 1.40. The summed E-state index contributed by atoms with van der Waals surface area (Å²) in [4.78, 5) is 12.5. The fraction of sp³-hybridized carbons (Fsp3) is 0.318. The lowest BCUT2D eigenvalue weighted by Crippen LogP contribution is -2.09. The van der Waals surface area contributed by atoms with E-state index in [1.54, 1.807) is 37.4 Å². The molecule has 0 radical (unpaired) electrons. The van der Waals surface area contributed by atoms with Crippen molar-refractivity contribution in [1.82, 2.24) is 0 Å². The second-order valence-corrected chi connectivity index (χ2v) is 6.34. The van der Waals surface area contributed by atoms with Gasteiger partial charge < -0.3 is 28.1 Å². The fourth-order valence-corrected chi connectivity index (χ4v) is 2.99. The third-order valence-corrected chi connectivity index (χ3v) is 4.45. The van der Waals surface area contributed by atoms with Gasteiger partial charge in [0.15, 0.2) is 19.0 Å². The number of hydrogen-bond acceptors (Lipinski definition) is 7. The number of hydrogen-bond donors (Lipinski definition) is 0. The molecule has 3 aromatic rings. The first kappa shape index (κ1) is 20.9. The van der Waals surface area contributed by atoms with Crippen molar-refractivity contribution in [1.29, 1.82) is 0 Å². The Morgan fingerprint density at radius 1 is 0.931 bits per heavy atom. The highest BCUT2D eigenvalue weighted by molar-refractivity contribution is 5.79. The summed E-state index contributed by atoms with van der Waals surface area (Å²) in [6, 6.07) is 12.1. The Bertz CT molecular complexity index is 996. The molecule has 2 aromatic carbocycles. The van der Waals surface area contributed by atoms with Crippen LogP contribution in [-0.4, -0.2) is 34.9 Å². The molecule has 7 nitrogen and oxygen atoms in total. The molecule has 154 valence electrons. The molecule has 1 heterocycles. The standard InChI is InChI=1S/C22H24O7/c1-14(26-4)22-20(27-12-24-2)9-15(10-21(22)28-13-25-3)19-11-17(23)16-7-5-6-8-18(16)29-19/h5-11,14H,12-13H2,1-4H3. The zero-order valence-electron chi connectivity index (χ0n) is 16.9. The Morgan fingerprint density at radius 2 is 1.55 bits per heavy atom. The van der Waals surface area contributed by atoms with Crippen molar-refractivity contribution >= 4 is 11.0 Å². The Kier molecular flexibility index (Phi) is 6.87. The van der Waals surface area contributed by atoms with E-state index in [1.807, 2.05) is 13.0 Å². The molecule has 7 heteroatoms. The van der Waals surface area contributed by atoms with Gasteiger partial charge in [0, 0.05) is 33.0 Å². The molecule has 0 aliphatic rings. The summed E-state index contributed by atoms with van der Waals surface area (Å²) in [6.45, 7) is 1.96. The van der Waals surface area contributed by atoms with Crippen LogP contribution in [0.2, 0.25) is 0 Å². The van der Waals surface area contributed by atoms with Gasteiger partial charge in [-0.1, -0.05) is 12.1 Å². The van der Waals surface area contributed by atoms with Crippen molar-refractivity contribution in [3.63, 3.8) is 0 Å². The predicted octanol–water partition coefficient (Wildman–Crippen LogP) is 4.13. The Labute approximate surface area is 168 Å². The molecule has 0 N–H and O–H groups in total. The smallest absolute Gasteiger partial charge is 0.193 e. The monoisotopic (exact) mass is 400 g/mol. The van der Waals surface area contributed by atoms with E-state index in [2.05, 4.69) is 0 Å².